The number of benzene rings is 1. The van der Waals surface area contributed by atoms with E-state index in [1.807, 2.05) is 6.92 Å². The van der Waals surface area contributed by atoms with E-state index < -0.39 is 0 Å². The van der Waals surface area contributed by atoms with Gasteiger partial charge in [-0.3, -0.25) is 9.69 Å². The van der Waals surface area contributed by atoms with Gasteiger partial charge in [-0.15, -0.1) is 23.1 Å². The minimum Gasteiger partial charge on any atom is -0.351 e. The molecule has 3 rings (SSSR count). The summed E-state index contributed by atoms with van der Waals surface area (Å²) in [7, 11) is 0. The maximum atomic E-state index is 12.2. The second kappa shape index (κ2) is 10.2. The van der Waals surface area contributed by atoms with Crippen LogP contribution >= 0.6 is 23.1 Å². The highest BCUT2D eigenvalue weighted by Crippen LogP contribution is 2.21. The number of aryl methyl sites for hydroxylation is 1. The quantitative estimate of drug-likeness (QED) is 0.711. The molecule has 6 heteroatoms. The lowest BCUT2D eigenvalue weighted by molar-refractivity contribution is -0.118. The van der Waals surface area contributed by atoms with Gasteiger partial charge >= 0.3 is 0 Å². The molecule has 1 fully saturated rings. The van der Waals surface area contributed by atoms with Crippen LogP contribution in [0.15, 0.2) is 29.6 Å². The third kappa shape index (κ3) is 6.33. The molecule has 146 valence electrons. The van der Waals surface area contributed by atoms with E-state index in [4.69, 9.17) is 0 Å². The Hall–Kier alpha value is -1.37. The van der Waals surface area contributed by atoms with Crippen molar-refractivity contribution in [2.75, 3.05) is 12.3 Å². The smallest absolute Gasteiger partial charge is 0.230 e. The zero-order valence-corrected chi connectivity index (χ0v) is 17.9. The molecule has 0 bridgehead atoms. The fourth-order valence-electron chi connectivity index (χ4n) is 3.46. The van der Waals surface area contributed by atoms with E-state index in [9.17, 15) is 4.79 Å². The number of aromatic nitrogens is 1. The number of nitrogens with zero attached hydrogens (tertiary/aromatic N) is 2. The summed E-state index contributed by atoms with van der Waals surface area (Å²) in [6.07, 6.45) is 3.92. The first-order valence-electron chi connectivity index (χ1n) is 9.68. The van der Waals surface area contributed by atoms with Crippen molar-refractivity contribution in [3.63, 3.8) is 0 Å². The molecule has 0 aliphatic carbocycles. The first kappa shape index (κ1) is 20.4. The van der Waals surface area contributed by atoms with Gasteiger partial charge in [0.2, 0.25) is 5.91 Å². The standard InChI is InChI=1S/C21H29N3OS2/c1-16-7-5-6-10-24(16)12-19-9-4-3-8-18(19)11-22-21(25)15-26-13-20-14-27-17(2)23-20/h3-4,8-9,14,16H,5-7,10-13,15H2,1-2H3,(H,22,25)/t16-/m0/s1. The third-order valence-corrected chi connectivity index (χ3v) is 6.85. The maximum absolute atomic E-state index is 12.2. The summed E-state index contributed by atoms with van der Waals surface area (Å²) in [5, 5.41) is 6.23. The van der Waals surface area contributed by atoms with Crippen molar-refractivity contribution in [2.45, 2.75) is 58.0 Å². The number of rotatable bonds is 8. The Labute approximate surface area is 170 Å². The van der Waals surface area contributed by atoms with Crippen molar-refractivity contribution in [1.82, 2.24) is 15.2 Å². The number of carbonyl (C=O) groups excluding carboxylic acids is 1. The number of likely N-dealkylation sites (tertiary alicyclic amines) is 1. The summed E-state index contributed by atoms with van der Waals surface area (Å²) in [4.78, 5) is 19.2. The number of thiazole rings is 1. The molecule has 1 aromatic carbocycles. The van der Waals surface area contributed by atoms with Gasteiger partial charge < -0.3 is 5.32 Å². The molecule has 1 N–H and O–H groups in total. The Morgan fingerprint density at radius 2 is 2.15 bits per heavy atom. The van der Waals surface area contributed by atoms with Crippen LogP contribution in [0.25, 0.3) is 0 Å². The van der Waals surface area contributed by atoms with E-state index in [-0.39, 0.29) is 5.91 Å². The van der Waals surface area contributed by atoms with Gasteiger partial charge in [0.25, 0.3) is 0 Å². The molecule has 4 nitrogen and oxygen atoms in total. The highest BCUT2D eigenvalue weighted by Gasteiger charge is 2.19. The van der Waals surface area contributed by atoms with Crippen LogP contribution in [0.2, 0.25) is 0 Å². The van der Waals surface area contributed by atoms with Gasteiger partial charge in [0.15, 0.2) is 0 Å². The van der Waals surface area contributed by atoms with Gasteiger partial charge in [0.05, 0.1) is 16.5 Å². The van der Waals surface area contributed by atoms with E-state index >= 15 is 0 Å². The summed E-state index contributed by atoms with van der Waals surface area (Å²) < 4.78 is 0. The van der Waals surface area contributed by atoms with Crippen molar-refractivity contribution in [1.29, 1.82) is 0 Å². The molecular weight excluding hydrogens is 374 g/mol. The lowest BCUT2D eigenvalue weighted by atomic mass is 10.0. The number of nitrogens with one attached hydrogen (secondary N) is 1. The molecule has 1 aliphatic rings. The van der Waals surface area contributed by atoms with Crippen LogP contribution in [0.1, 0.15) is 48.0 Å². The minimum absolute atomic E-state index is 0.0908. The van der Waals surface area contributed by atoms with Crippen LogP contribution in [0.4, 0.5) is 0 Å². The zero-order chi connectivity index (χ0) is 19.1. The van der Waals surface area contributed by atoms with Crippen LogP contribution in [0.5, 0.6) is 0 Å². The van der Waals surface area contributed by atoms with E-state index in [0.717, 1.165) is 23.0 Å². The molecule has 1 aliphatic heterocycles. The van der Waals surface area contributed by atoms with Crippen LogP contribution < -0.4 is 5.32 Å². The predicted molar refractivity (Wildman–Crippen MR) is 115 cm³/mol. The minimum atomic E-state index is 0.0908. The van der Waals surface area contributed by atoms with E-state index in [2.05, 4.69) is 51.8 Å². The second-order valence-electron chi connectivity index (χ2n) is 7.21. The molecule has 0 spiro atoms. The van der Waals surface area contributed by atoms with E-state index in [1.165, 1.54) is 36.9 Å². The number of piperidine rings is 1. The lowest BCUT2D eigenvalue weighted by Gasteiger charge is -2.33. The van der Waals surface area contributed by atoms with Gasteiger partial charge in [0.1, 0.15) is 0 Å². The lowest BCUT2D eigenvalue weighted by Crippen LogP contribution is -2.37. The van der Waals surface area contributed by atoms with Crippen molar-refractivity contribution in [3.8, 4) is 0 Å². The first-order valence-corrected chi connectivity index (χ1v) is 11.7. The maximum Gasteiger partial charge on any atom is 0.230 e. The fourth-order valence-corrected chi connectivity index (χ4v) is 4.93. The molecule has 1 saturated heterocycles. The molecule has 0 saturated carbocycles. The number of thioether (sulfide) groups is 1. The summed E-state index contributed by atoms with van der Waals surface area (Å²) in [5.41, 5.74) is 3.62. The summed E-state index contributed by atoms with van der Waals surface area (Å²) in [5.74, 6) is 1.36. The van der Waals surface area contributed by atoms with Crippen molar-refractivity contribution in [3.05, 3.63) is 51.5 Å². The number of hydrogen-bond donors (Lipinski definition) is 1. The van der Waals surface area contributed by atoms with Crippen molar-refractivity contribution < 1.29 is 4.79 Å². The summed E-state index contributed by atoms with van der Waals surface area (Å²) in [6.45, 7) is 7.09. The molecule has 1 atom stereocenters. The van der Waals surface area contributed by atoms with Gasteiger partial charge in [-0.1, -0.05) is 30.7 Å². The normalized spacial score (nSPS) is 17.8. The summed E-state index contributed by atoms with van der Waals surface area (Å²) in [6, 6.07) is 9.13. The average molecular weight is 404 g/mol. The molecule has 1 aromatic heterocycles. The molecule has 1 amide bonds. The Morgan fingerprint density at radius 3 is 2.89 bits per heavy atom. The van der Waals surface area contributed by atoms with Gasteiger partial charge in [-0.2, -0.15) is 0 Å². The number of hydrogen-bond acceptors (Lipinski definition) is 5. The Kier molecular flexibility index (Phi) is 7.73. The Morgan fingerprint density at radius 1 is 1.33 bits per heavy atom. The Bertz CT molecular complexity index is 747. The molecule has 2 heterocycles. The molecule has 2 aromatic rings. The van der Waals surface area contributed by atoms with Crippen LogP contribution in [0.3, 0.4) is 0 Å². The topological polar surface area (TPSA) is 45.2 Å². The molecule has 0 radical (unpaired) electrons. The highest BCUT2D eigenvalue weighted by molar-refractivity contribution is 7.99. The summed E-state index contributed by atoms with van der Waals surface area (Å²) >= 11 is 3.28. The Balaban J connectivity index is 1.46. The molecular formula is C21H29N3OS2. The largest absolute Gasteiger partial charge is 0.351 e. The second-order valence-corrected chi connectivity index (χ2v) is 9.26. The van der Waals surface area contributed by atoms with Gasteiger partial charge in [0, 0.05) is 30.3 Å². The molecule has 27 heavy (non-hydrogen) atoms. The first-order chi connectivity index (χ1) is 13.1. The van der Waals surface area contributed by atoms with Crippen molar-refractivity contribution in [2.24, 2.45) is 0 Å². The molecule has 0 unspecified atom stereocenters. The van der Waals surface area contributed by atoms with Crippen LogP contribution in [-0.2, 0) is 23.6 Å². The SMILES string of the molecule is Cc1nc(CSCC(=O)NCc2ccccc2CN2CCCC[C@@H]2C)cs1. The van der Waals surface area contributed by atoms with E-state index in [1.54, 1.807) is 23.1 Å². The number of carbonyl (C=O) groups is 1. The third-order valence-electron chi connectivity index (χ3n) is 5.06. The number of amides is 1. The van der Waals surface area contributed by atoms with E-state index in [0.29, 0.717) is 18.3 Å². The van der Waals surface area contributed by atoms with Crippen LogP contribution in [0, 0.1) is 6.92 Å². The van der Waals surface area contributed by atoms with Crippen LogP contribution in [-0.4, -0.2) is 34.1 Å². The van der Waals surface area contributed by atoms with Gasteiger partial charge in [-0.25, -0.2) is 4.98 Å². The average Bonchev–Trinajstić information content (AvgIpc) is 3.08. The van der Waals surface area contributed by atoms with Crippen molar-refractivity contribution >= 4 is 29.0 Å². The predicted octanol–water partition coefficient (Wildman–Crippen LogP) is 4.38. The fraction of sp³-hybridized carbons (Fsp3) is 0.524. The van der Waals surface area contributed by atoms with Gasteiger partial charge in [-0.05, 0) is 44.4 Å². The zero-order valence-electron chi connectivity index (χ0n) is 16.2. The highest BCUT2D eigenvalue weighted by atomic mass is 32.2. The monoisotopic (exact) mass is 403 g/mol.